The first-order valence-corrected chi connectivity index (χ1v) is 12.6. The maximum Gasteiger partial charge on any atom is 0.274 e. The Bertz CT molecular complexity index is 1330. The lowest BCUT2D eigenvalue weighted by molar-refractivity contribution is -0.133. The molecule has 0 saturated heterocycles. The van der Waals surface area contributed by atoms with Crippen LogP contribution in [-0.4, -0.2) is 43.8 Å². The van der Waals surface area contributed by atoms with Crippen molar-refractivity contribution in [3.63, 3.8) is 0 Å². The van der Waals surface area contributed by atoms with Crippen LogP contribution in [0.25, 0.3) is 0 Å². The van der Waals surface area contributed by atoms with Crippen molar-refractivity contribution in [2.45, 2.75) is 64.3 Å². The number of amides is 3. The molecule has 2 aromatic carbocycles. The summed E-state index contributed by atoms with van der Waals surface area (Å²) in [6.07, 6.45) is 4.00. The fourth-order valence-electron chi connectivity index (χ4n) is 4.86. The number of nitrogens with one attached hydrogen (secondary N) is 2. The minimum absolute atomic E-state index is 0.0642. The maximum atomic E-state index is 13.7. The fourth-order valence-corrected chi connectivity index (χ4v) is 4.86. The second-order valence-corrected chi connectivity index (χ2v) is 9.91. The van der Waals surface area contributed by atoms with Gasteiger partial charge < -0.3 is 20.1 Å². The van der Waals surface area contributed by atoms with Gasteiger partial charge in [-0.3, -0.25) is 14.4 Å². The first kappa shape index (κ1) is 24.7. The van der Waals surface area contributed by atoms with Gasteiger partial charge in [-0.1, -0.05) is 43.3 Å². The van der Waals surface area contributed by atoms with Crippen molar-refractivity contribution in [1.82, 2.24) is 25.1 Å². The number of benzene rings is 2. The van der Waals surface area contributed by atoms with Crippen molar-refractivity contribution < 1.29 is 18.8 Å². The second kappa shape index (κ2) is 9.80. The van der Waals surface area contributed by atoms with E-state index < -0.39 is 11.4 Å². The zero-order chi connectivity index (χ0) is 26.2. The molecule has 5 rings (SSSR count). The van der Waals surface area contributed by atoms with Gasteiger partial charge in [0.1, 0.15) is 17.1 Å². The fraction of sp³-hybridized carbons (Fsp3) is 0.357. The second-order valence-electron chi connectivity index (χ2n) is 9.91. The average molecular weight is 504 g/mol. The predicted octanol–water partition coefficient (Wildman–Crippen LogP) is 3.21. The number of hydrogen-bond acceptors (Lipinski definition) is 4. The van der Waals surface area contributed by atoms with Crippen molar-refractivity contribution >= 4 is 17.7 Å². The molecule has 1 aliphatic carbocycles. The zero-order valence-electron chi connectivity index (χ0n) is 21.0. The Morgan fingerprint density at radius 1 is 1.00 bits per heavy atom. The smallest absolute Gasteiger partial charge is 0.274 e. The molecule has 2 aliphatic rings. The van der Waals surface area contributed by atoms with Crippen LogP contribution in [0, 0.1) is 5.82 Å². The number of rotatable bonds is 8. The number of carbonyl (C=O) groups is 3. The van der Waals surface area contributed by atoms with E-state index in [0.717, 1.165) is 30.4 Å². The van der Waals surface area contributed by atoms with Crippen molar-refractivity contribution in [2.75, 3.05) is 0 Å². The van der Waals surface area contributed by atoms with Crippen LogP contribution in [0.2, 0.25) is 0 Å². The molecule has 1 saturated carbocycles. The molecule has 1 fully saturated rings. The van der Waals surface area contributed by atoms with Crippen LogP contribution in [0.5, 0.6) is 0 Å². The van der Waals surface area contributed by atoms with Crippen LogP contribution in [0.3, 0.4) is 0 Å². The third kappa shape index (κ3) is 4.85. The van der Waals surface area contributed by atoms with Crippen molar-refractivity contribution in [3.8, 4) is 0 Å². The first-order chi connectivity index (χ1) is 17.8. The highest BCUT2D eigenvalue weighted by atomic mass is 19.1. The Labute approximate surface area is 214 Å². The molecule has 3 amide bonds. The highest BCUT2D eigenvalue weighted by molar-refractivity contribution is 6.07. The number of imidazole rings is 1. The SMILES string of the molecule is CCc1ccc(CNC(=O)c2ncn3c2C(=O)N(C2CC2)[C@](C)(C(=O)NCc2ccc(F)cc2)C3)cc1. The van der Waals surface area contributed by atoms with Gasteiger partial charge in [-0.05, 0) is 55.0 Å². The predicted molar refractivity (Wildman–Crippen MR) is 135 cm³/mol. The molecule has 1 aromatic heterocycles. The molecule has 8 nitrogen and oxygen atoms in total. The van der Waals surface area contributed by atoms with Gasteiger partial charge in [0.05, 0.1) is 12.9 Å². The molecule has 0 spiro atoms. The minimum atomic E-state index is -1.15. The molecule has 3 aromatic rings. The van der Waals surface area contributed by atoms with Crippen molar-refractivity contribution in [3.05, 3.63) is 88.8 Å². The van der Waals surface area contributed by atoms with E-state index >= 15 is 0 Å². The van der Waals surface area contributed by atoms with Crippen LogP contribution in [-0.2, 0) is 30.8 Å². The van der Waals surface area contributed by atoms with Crippen LogP contribution < -0.4 is 10.6 Å². The van der Waals surface area contributed by atoms with E-state index in [1.54, 1.807) is 28.5 Å². The molecule has 1 atom stereocenters. The lowest BCUT2D eigenvalue weighted by Crippen LogP contribution is -2.64. The molecule has 0 bridgehead atoms. The van der Waals surface area contributed by atoms with Crippen LogP contribution in [0.1, 0.15) is 64.4 Å². The highest BCUT2D eigenvalue weighted by Crippen LogP contribution is 2.38. The van der Waals surface area contributed by atoms with Gasteiger partial charge in [-0.25, -0.2) is 9.37 Å². The topological polar surface area (TPSA) is 96.3 Å². The Hall–Kier alpha value is -4.01. The Morgan fingerprint density at radius 3 is 2.22 bits per heavy atom. The lowest BCUT2D eigenvalue weighted by atomic mass is 9.93. The van der Waals surface area contributed by atoms with E-state index in [9.17, 15) is 18.8 Å². The van der Waals surface area contributed by atoms with Gasteiger partial charge in [0.15, 0.2) is 5.69 Å². The van der Waals surface area contributed by atoms with Gasteiger partial charge in [0, 0.05) is 19.1 Å². The highest BCUT2D eigenvalue weighted by Gasteiger charge is 2.53. The number of carbonyl (C=O) groups excluding carboxylic acids is 3. The zero-order valence-corrected chi connectivity index (χ0v) is 21.0. The van der Waals surface area contributed by atoms with E-state index in [1.807, 2.05) is 24.3 Å². The maximum absolute atomic E-state index is 13.7. The van der Waals surface area contributed by atoms with Gasteiger partial charge in [0.25, 0.3) is 11.8 Å². The quantitative estimate of drug-likeness (QED) is 0.494. The normalized spacial score (nSPS) is 18.9. The first-order valence-electron chi connectivity index (χ1n) is 12.6. The minimum Gasteiger partial charge on any atom is -0.350 e. The molecule has 2 N–H and O–H groups in total. The molecule has 1 aliphatic heterocycles. The van der Waals surface area contributed by atoms with Gasteiger partial charge in [-0.15, -0.1) is 0 Å². The summed E-state index contributed by atoms with van der Waals surface area (Å²) in [6.45, 7) is 4.54. The number of aromatic nitrogens is 2. The van der Waals surface area contributed by atoms with E-state index in [4.69, 9.17) is 0 Å². The molecule has 0 unspecified atom stereocenters. The third-order valence-corrected chi connectivity index (χ3v) is 7.14. The third-order valence-electron chi connectivity index (χ3n) is 7.14. The molecule has 0 radical (unpaired) electrons. The van der Waals surface area contributed by atoms with Crippen molar-refractivity contribution in [2.24, 2.45) is 0 Å². The molecular weight excluding hydrogens is 473 g/mol. The molecule has 192 valence electrons. The number of fused-ring (bicyclic) bond motifs is 1. The molecule has 2 heterocycles. The number of nitrogens with zero attached hydrogens (tertiary/aromatic N) is 3. The van der Waals surface area contributed by atoms with Gasteiger partial charge in [0.2, 0.25) is 5.91 Å². The summed E-state index contributed by atoms with van der Waals surface area (Å²) in [5.41, 5.74) is 2.04. The van der Waals surface area contributed by atoms with Crippen LogP contribution in [0.15, 0.2) is 54.9 Å². The van der Waals surface area contributed by atoms with E-state index in [1.165, 1.54) is 24.0 Å². The van der Waals surface area contributed by atoms with Gasteiger partial charge >= 0.3 is 0 Å². The Kier molecular flexibility index (Phi) is 6.54. The number of aryl methyl sites for hydroxylation is 1. The molecule has 9 heteroatoms. The summed E-state index contributed by atoms with van der Waals surface area (Å²) in [5.74, 6) is -1.45. The van der Waals surface area contributed by atoms with Crippen molar-refractivity contribution in [1.29, 1.82) is 0 Å². The summed E-state index contributed by atoms with van der Waals surface area (Å²) in [5, 5.41) is 5.76. The van der Waals surface area contributed by atoms with Crippen LogP contribution >= 0.6 is 0 Å². The summed E-state index contributed by atoms with van der Waals surface area (Å²) >= 11 is 0. The largest absolute Gasteiger partial charge is 0.350 e. The summed E-state index contributed by atoms with van der Waals surface area (Å²) in [7, 11) is 0. The Morgan fingerprint density at radius 2 is 1.59 bits per heavy atom. The Balaban J connectivity index is 1.33. The van der Waals surface area contributed by atoms with Crippen LogP contribution in [0.4, 0.5) is 4.39 Å². The van der Waals surface area contributed by atoms with E-state index in [-0.39, 0.29) is 48.2 Å². The van der Waals surface area contributed by atoms with E-state index in [0.29, 0.717) is 6.54 Å². The lowest BCUT2D eigenvalue weighted by Gasteiger charge is -2.44. The molecule has 37 heavy (non-hydrogen) atoms. The van der Waals surface area contributed by atoms with E-state index in [2.05, 4.69) is 22.5 Å². The average Bonchev–Trinajstić information content (AvgIpc) is 3.64. The summed E-state index contributed by atoms with van der Waals surface area (Å²) < 4.78 is 14.8. The molecular formula is C28H30FN5O3. The number of hydrogen-bond donors (Lipinski definition) is 2. The standard InChI is InChI=1S/C28H30FN5O3/c1-3-18-4-6-19(7-5-18)14-30-25(35)23-24-26(36)34(22-12-13-22)28(2,16-33(24)17-32-23)27(37)31-15-20-8-10-21(29)11-9-20/h4-11,17,22H,3,12-16H2,1-2H3,(H,30,35)(H,31,37)/t28-/m0/s1. The summed E-state index contributed by atoms with van der Waals surface area (Å²) in [4.78, 5) is 46.0. The van der Waals surface area contributed by atoms with Gasteiger partial charge in [-0.2, -0.15) is 0 Å². The monoisotopic (exact) mass is 503 g/mol. The number of halogens is 1. The summed E-state index contributed by atoms with van der Waals surface area (Å²) in [6, 6.07) is 13.8.